The van der Waals surface area contributed by atoms with E-state index in [1.807, 2.05) is 4.90 Å². The second-order valence-electron chi connectivity index (χ2n) is 4.22. The monoisotopic (exact) mass is 234 g/mol. The minimum Gasteiger partial charge on any atom is -0.369 e. The standard InChI is InChI=1S/C12H18N4O/c1-2-5-14-11-9-13-8-10(15-11)12(17)16-6-3-4-7-16/h8-9H,2-7H2,1H3,(H,14,15). The van der Waals surface area contributed by atoms with Gasteiger partial charge in [0.2, 0.25) is 0 Å². The third-order valence-corrected chi connectivity index (χ3v) is 2.80. The number of amides is 1. The van der Waals surface area contributed by atoms with E-state index >= 15 is 0 Å². The van der Waals surface area contributed by atoms with E-state index in [1.165, 1.54) is 6.20 Å². The van der Waals surface area contributed by atoms with Crippen LogP contribution >= 0.6 is 0 Å². The first kappa shape index (κ1) is 11.8. The van der Waals surface area contributed by atoms with Crippen molar-refractivity contribution in [1.82, 2.24) is 14.9 Å². The van der Waals surface area contributed by atoms with Gasteiger partial charge in [-0.3, -0.25) is 9.78 Å². The van der Waals surface area contributed by atoms with Crippen LogP contribution in [0, 0.1) is 0 Å². The molecule has 0 atom stereocenters. The molecule has 1 aliphatic rings. The van der Waals surface area contributed by atoms with Gasteiger partial charge in [-0.2, -0.15) is 0 Å². The van der Waals surface area contributed by atoms with Gasteiger partial charge in [-0.05, 0) is 19.3 Å². The van der Waals surface area contributed by atoms with E-state index in [9.17, 15) is 4.79 Å². The highest BCUT2D eigenvalue weighted by Crippen LogP contribution is 2.12. The number of likely N-dealkylation sites (tertiary alicyclic amines) is 1. The van der Waals surface area contributed by atoms with Gasteiger partial charge in [-0.15, -0.1) is 0 Å². The summed E-state index contributed by atoms with van der Waals surface area (Å²) in [6.45, 7) is 4.61. The number of anilines is 1. The van der Waals surface area contributed by atoms with Crippen LogP contribution in [0.3, 0.4) is 0 Å². The Labute approximate surface area is 101 Å². The maximum atomic E-state index is 12.1. The highest BCUT2D eigenvalue weighted by molar-refractivity contribution is 5.92. The molecule has 0 spiro atoms. The number of carbonyl (C=O) groups is 1. The molecule has 1 N–H and O–H groups in total. The molecule has 2 heterocycles. The van der Waals surface area contributed by atoms with Crippen LogP contribution in [0.25, 0.3) is 0 Å². The molecule has 0 saturated carbocycles. The molecule has 1 amide bonds. The van der Waals surface area contributed by atoms with Crippen LogP contribution in [-0.2, 0) is 0 Å². The van der Waals surface area contributed by atoms with Gasteiger partial charge in [0.25, 0.3) is 5.91 Å². The largest absolute Gasteiger partial charge is 0.369 e. The molecule has 17 heavy (non-hydrogen) atoms. The van der Waals surface area contributed by atoms with Gasteiger partial charge in [0, 0.05) is 19.6 Å². The number of aromatic nitrogens is 2. The number of nitrogens with one attached hydrogen (secondary N) is 1. The maximum absolute atomic E-state index is 12.1. The van der Waals surface area contributed by atoms with E-state index in [2.05, 4.69) is 22.2 Å². The lowest BCUT2D eigenvalue weighted by Gasteiger charge is -2.14. The van der Waals surface area contributed by atoms with Gasteiger partial charge >= 0.3 is 0 Å². The highest BCUT2D eigenvalue weighted by atomic mass is 16.2. The Morgan fingerprint density at radius 3 is 2.88 bits per heavy atom. The van der Waals surface area contributed by atoms with Gasteiger partial charge in [-0.1, -0.05) is 6.92 Å². The Bertz CT molecular complexity index is 388. The average molecular weight is 234 g/mol. The van der Waals surface area contributed by atoms with Crippen molar-refractivity contribution in [3.63, 3.8) is 0 Å². The van der Waals surface area contributed by atoms with Crippen LogP contribution in [0.1, 0.15) is 36.7 Å². The summed E-state index contributed by atoms with van der Waals surface area (Å²) in [4.78, 5) is 22.3. The van der Waals surface area contributed by atoms with Crippen LogP contribution in [0.2, 0.25) is 0 Å². The van der Waals surface area contributed by atoms with Gasteiger partial charge in [0.15, 0.2) is 0 Å². The van der Waals surface area contributed by atoms with Gasteiger partial charge < -0.3 is 10.2 Å². The van der Waals surface area contributed by atoms with Crippen LogP contribution in [0.5, 0.6) is 0 Å². The minimum absolute atomic E-state index is 0.00449. The summed E-state index contributed by atoms with van der Waals surface area (Å²) in [5, 5.41) is 3.14. The predicted molar refractivity (Wildman–Crippen MR) is 66.0 cm³/mol. The predicted octanol–water partition coefficient (Wildman–Crippen LogP) is 1.53. The molecule has 1 saturated heterocycles. The second kappa shape index (κ2) is 5.61. The number of nitrogens with zero attached hydrogens (tertiary/aromatic N) is 3. The van der Waals surface area contributed by atoms with Crippen LogP contribution in [-0.4, -0.2) is 40.4 Å². The fourth-order valence-electron chi connectivity index (χ4n) is 1.89. The van der Waals surface area contributed by atoms with Crippen molar-refractivity contribution in [1.29, 1.82) is 0 Å². The Morgan fingerprint density at radius 1 is 1.41 bits per heavy atom. The summed E-state index contributed by atoms with van der Waals surface area (Å²) in [5.74, 6) is 0.673. The zero-order chi connectivity index (χ0) is 12.1. The van der Waals surface area contributed by atoms with Crippen molar-refractivity contribution in [2.45, 2.75) is 26.2 Å². The molecule has 1 aromatic heterocycles. The molecule has 0 radical (unpaired) electrons. The smallest absolute Gasteiger partial charge is 0.274 e. The topological polar surface area (TPSA) is 58.1 Å². The van der Waals surface area contributed by atoms with E-state index in [0.29, 0.717) is 11.5 Å². The molecule has 92 valence electrons. The molecule has 5 heteroatoms. The van der Waals surface area contributed by atoms with Crippen molar-refractivity contribution in [2.75, 3.05) is 25.0 Å². The quantitative estimate of drug-likeness (QED) is 0.858. The van der Waals surface area contributed by atoms with E-state index in [-0.39, 0.29) is 5.91 Å². The minimum atomic E-state index is -0.00449. The molecule has 0 unspecified atom stereocenters. The fourth-order valence-corrected chi connectivity index (χ4v) is 1.89. The zero-order valence-electron chi connectivity index (χ0n) is 10.1. The Morgan fingerprint density at radius 2 is 2.18 bits per heavy atom. The first-order valence-corrected chi connectivity index (χ1v) is 6.16. The molecule has 0 aromatic carbocycles. The molecule has 1 aromatic rings. The number of hydrogen-bond acceptors (Lipinski definition) is 4. The van der Waals surface area contributed by atoms with E-state index in [4.69, 9.17) is 0 Å². The summed E-state index contributed by atoms with van der Waals surface area (Å²) >= 11 is 0. The lowest BCUT2D eigenvalue weighted by atomic mass is 10.4. The van der Waals surface area contributed by atoms with Gasteiger partial charge in [0.05, 0.1) is 12.4 Å². The van der Waals surface area contributed by atoms with Gasteiger partial charge in [0.1, 0.15) is 11.5 Å². The molecular weight excluding hydrogens is 216 g/mol. The van der Waals surface area contributed by atoms with E-state index < -0.39 is 0 Å². The number of rotatable bonds is 4. The SMILES string of the molecule is CCCNc1cncc(C(=O)N2CCCC2)n1. The van der Waals surface area contributed by atoms with Crippen LogP contribution in [0.15, 0.2) is 12.4 Å². The second-order valence-corrected chi connectivity index (χ2v) is 4.22. The lowest BCUT2D eigenvalue weighted by Crippen LogP contribution is -2.28. The van der Waals surface area contributed by atoms with Crippen molar-refractivity contribution in [3.8, 4) is 0 Å². The fraction of sp³-hybridized carbons (Fsp3) is 0.583. The summed E-state index contributed by atoms with van der Waals surface area (Å²) in [7, 11) is 0. The van der Waals surface area contributed by atoms with Crippen LogP contribution < -0.4 is 5.32 Å². The molecule has 1 aliphatic heterocycles. The van der Waals surface area contributed by atoms with Crippen molar-refractivity contribution >= 4 is 11.7 Å². The van der Waals surface area contributed by atoms with E-state index in [0.717, 1.165) is 38.9 Å². The summed E-state index contributed by atoms with van der Waals surface area (Å²) in [6.07, 6.45) is 6.39. The first-order valence-electron chi connectivity index (χ1n) is 6.16. The Hall–Kier alpha value is -1.65. The summed E-state index contributed by atoms with van der Waals surface area (Å²) < 4.78 is 0. The molecule has 1 fully saturated rings. The van der Waals surface area contributed by atoms with Gasteiger partial charge in [-0.25, -0.2) is 4.98 Å². The third-order valence-electron chi connectivity index (χ3n) is 2.80. The normalized spacial score (nSPS) is 15.0. The Balaban J connectivity index is 2.06. The molecule has 5 nitrogen and oxygen atoms in total. The third kappa shape index (κ3) is 2.93. The van der Waals surface area contributed by atoms with E-state index in [1.54, 1.807) is 6.20 Å². The summed E-state index contributed by atoms with van der Waals surface area (Å²) in [5.41, 5.74) is 0.438. The molecule has 0 bridgehead atoms. The summed E-state index contributed by atoms with van der Waals surface area (Å²) in [6, 6.07) is 0. The lowest BCUT2D eigenvalue weighted by molar-refractivity contribution is 0.0786. The van der Waals surface area contributed by atoms with Crippen LogP contribution in [0.4, 0.5) is 5.82 Å². The molecular formula is C12H18N4O. The van der Waals surface area contributed by atoms with Crippen molar-refractivity contribution < 1.29 is 4.79 Å². The zero-order valence-corrected chi connectivity index (χ0v) is 10.1. The maximum Gasteiger partial charge on any atom is 0.274 e. The first-order chi connectivity index (χ1) is 8.31. The van der Waals surface area contributed by atoms with Crippen molar-refractivity contribution in [2.24, 2.45) is 0 Å². The highest BCUT2D eigenvalue weighted by Gasteiger charge is 2.20. The number of hydrogen-bond donors (Lipinski definition) is 1. The van der Waals surface area contributed by atoms with Crippen molar-refractivity contribution in [3.05, 3.63) is 18.1 Å². The average Bonchev–Trinajstić information content (AvgIpc) is 2.89. The Kier molecular flexibility index (Phi) is 3.90. The molecule has 0 aliphatic carbocycles. The number of carbonyl (C=O) groups excluding carboxylic acids is 1. The molecule has 2 rings (SSSR count).